The van der Waals surface area contributed by atoms with Crippen LogP contribution >= 0.6 is 11.3 Å². The third kappa shape index (κ3) is 2.61. The summed E-state index contributed by atoms with van der Waals surface area (Å²) >= 11 is 1.69. The van der Waals surface area contributed by atoms with Gasteiger partial charge in [0.1, 0.15) is 0 Å². The molecule has 3 nitrogen and oxygen atoms in total. The number of nitrogens with one attached hydrogen (secondary N) is 1. The lowest BCUT2D eigenvalue weighted by Crippen LogP contribution is -2.18. The molecule has 0 amide bonds. The molecule has 2 heterocycles. The molecule has 0 aliphatic heterocycles. The molecule has 2 rings (SSSR count). The van der Waals surface area contributed by atoms with E-state index in [1.165, 1.54) is 5.56 Å². The van der Waals surface area contributed by atoms with E-state index < -0.39 is 0 Å². The van der Waals surface area contributed by atoms with E-state index in [-0.39, 0.29) is 0 Å². The third-order valence-corrected chi connectivity index (χ3v) is 3.12. The van der Waals surface area contributed by atoms with Crippen molar-refractivity contribution in [2.24, 2.45) is 0 Å². The van der Waals surface area contributed by atoms with Crippen LogP contribution in [0.5, 0.6) is 0 Å². The molecule has 0 saturated heterocycles. The van der Waals surface area contributed by atoms with E-state index in [1.54, 1.807) is 11.3 Å². The highest BCUT2D eigenvalue weighted by Crippen LogP contribution is 2.18. The Bertz CT molecular complexity index is 385. The van der Waals surface area contributed by atoms with E-state index in [2.05, 4.69) is 15.3 Å². The Kier molecular flexibility index (Phi) is 3.42. The van der Waals surface area contributed by atoms with Crippen molar-refractivity contribution < 1.29 is 0 Å². The summed E-state index contributed by atoms with van der Waals surface area (Å²) in [5.74, 6) is 0. The second-order valence-electron chi connectivity index (χ2n) is 3.25. The number of pyridine rings is 1. The summed E-state index contributed by atoms with van der Waals surface area (Å²) in [6.07, 6.45) is 6.42. The fourth-order valence-corrected chi connectivity index (χ4v) is 2.17. The van der Waals surface area contributed by atoms with Crippen molar-refractivity contribution in [3.63, 3.8) is 0 Å². The molecule has 1 unspecified atom stereocenters. The van der Waals surface area contributed by atoms with Crippen molar-refractivity contribution in [1.29, 1.82) is 0 Å². The monoisotopic (exact) mass is 219 g/mol. The Balaban J connectivity index is 2.12. The molecule has 2 aromatic heterocycles. The van der Waals surface area contributed by atoms with Crippen LogP contribution in [0.25, 0.3) is 0 Å². The first-order valence-corrected chi connectivity index (χ1v) is 5.73. The maximum Gasteiger partial charge on any atom is 0.0943 e. The van der Waals surface area contributed by atoms with Gasteiger partial charge in [-0.3, -0.25) is 4.98 Å². The Labute approximate surface area is 93.2 Å². The zero-order valence-electron chi connectivity index (χ0n) is 8.55. The molecular formula is C11H13N3S. The molecule has 0 spiro atoms. The number of nitrogens with zero attached hydrogens (tertiary/aromatic N) is 2. The minimum Gasteiger partial charge on any atom is -0.313 e. The zero-order valence-corrected chi connectivity index (χ0v) is 9.37. The lowest BCUT2D eigenvalue weighted by molar-refractivity contribution is 0.589. The van der Waals surface area contributed by atoms with Gasteiger partial charge in [-0.05, 0) is 24.7 Å². The number of likely N-dealkylation sites (N-methyl/N-ethyl adjacent to an activating group) is 1. The lowest BCUT2D eigenvalue weighted by atomic mass is 10.1. The van der Waals surface area contributed by atoms with E-state index >= 15 is 0 Å². The molecule has 1 N–H and O–H groups in total. The summed E-state index contributed by atoms with van der Waals surface area (Å²) in [4.78, 5) is 8.31. The molecule has 0 bridgehead atoms. The standard InChI is InChI=1S/C11H13N3S/c1-12-10(8-11-14-6-7-15-11)9-2-4-13-5-3-9/h2-7,10,12H,8H2,1H3. The van der Waals surface area contributed by atoms with Crippen molar-refractivity contribution >= 4 is 11.3 Å². The van der Waals surface area contributed by atoms with Crippen LogP contribution in [0, 0.1) is 0 Å². The van der Waals surface area contributed by atoms with Gasteiger partial charge in [-0.1, -0.05) is 0 Å². The Morgan fingerprint density at radius 3 is 2.73 bits per heavy atom. The van der Waals surface area contributed by atoms with Crippen LogP contribution in [0.4, 0.5) is 0 Å². The molecule has 0 saturated carbocycles. The van der Waals surface area contributed by atoms with Gasteiger partial charge in [0, 0.05) is 36.4 Å². The van der Waals surface area contributed by atoms with Crippen molar-refractivity contribution in [2.75, 3.05) is 7.05 Å². The van der Waals surface area contributed by atoms with Gasteiger partial charge in [-0.2, -0.15) is 0 Å². The maximum atomic E-state index is 4.29. The minimum absolute atomic E-state index is 0.319. The van der Waals surface area contributed by atoms with Crippen LogP contribution in [0.1, 0.15) is 16.6 Å². The van der Waals surface area contributed by atoms with E-state index in [0.717, 1.165) is 11.4 Å². The van der Waals surface area contributed by atoms with Crippen LogP contribution in [-0.4, -0.2) is 17.0 Å². The average Bonchev–Trinajstić information content (AvgIpc) is 2.80. The topological polar surface area (TPSA) is 37.8 Å². The molecular weight excluding hydrogens is 206 g/mol. The van der Waals surface area contributed by atoms with Crippen LogP contribution in [0.3, 0.4) is 0 Å². The molecule has 2 aromatic rings. The zero-order chi connectivity index (χ0) is 10.5. The summed E-state index contributed by atoms with van der Waals surface area (Å²) in [7, 11) is 1.97. The first-order chi connectivity index (χ1) is 7.40. The summed E-state index contributed by atoms with van der Waals surface area (Å²) in [5.41, 5.74) is 1.25. The number of hydrogen-bond acceptors (Lipinski definition) is 4. The van der Waals surface area contributed by atoms with Crippen LogP contribution < -0.4 is 5.32 Å². The van der Waals surface area contributed by atoms with Crippen LogP contribution in [0.2, 0.25) is 0 Å². The minimum atomic E-state index is 0.319. The van der Waals surface area contributed by atoms with Crippen molar-refractivity contribution in [1.82, 2.24) is 15.3 Å². The highest BCUT2D eigenvalue weighted by atomic mass is 32.1. The average molecular weight is 219 g/mol. The normalized spacial score (nSPS) is 12.6. The molecule has 0 aromatic carbocycles. The molecule has 78 valence electrons. The first kappa shape index (κ1) is 10.3. The van der Waals surface area contributed by atoms with Gasteiger partial charge in [0.2, 0.25) is 0 Å². The molecule has 0 aliphatic rings. The quantitative estimate of drug-likeness (QED) is 0.855. The van der Waals surface area contributed by atoms with Gasteiger partial charge in [-0.15, -0.1) is 11.3 Å². The Morgan fingerprint density at radius 1 is 1.33 bits per heavy atom. The molecule has 1 atom stereocenters. The van der Waals surface area contributed by atoms with Crippen molar-refractivity contribution in [3.05, 3.63) is 46.7 Å². The number of hydrogen-bond donors (Lipinski definition) is 1. The van der Waals surface area contributed by atoms with Crippen molar-refractivity contribution in [2.45, 2.75) is 12.5 Å². The summed E-state index contributed by atoms with van der Waals surface area (Å²) in [6, 6.07) is 4.39. The molecule has 15 heavy (non-hydrogen) atoms. The highest BCUT2D eigenvalue weighted by molar-refractivity contribution is 7.09. The third-order valence-electron chi connectivity index (χ3n) is 2.32. The highest BCUT2D eigenvalue weighted by Gasteiger charge is 2.10. The van der Waals surface area contributed by atoms with Gasteiger partial charge in [-0.25, -0.2) is 4.98 Å². The Morgan fingerprint density at radius 2 is 2.13 bits per heavy atom. The van der Waals surface area contributed by atoms with Gasteiger partial charge >= 0.3 is 0 Å². The number of aromatic nitrogens is 2. The summed E-state index contributed by atoms with van der Waals surface area (Å²) in [6.45, 7) is 0. The fraction of sp³-hybridized carbons (Fsp3) is 0.273. The first-order valence-electron chi connectivity index (χ1n) is 4.85. The van der Waals surface area contributed by atoms with E-state index in [4.69, 9.17) is 0 Å². The van der Waals surface area contributed by atoms with E-state index in [1.807, 2.05) is 43.2 Å². The van der Waals surface area contributed by atoms with Crippen LogP contribution in [0.15, 0.2) is 36.1 Å². The summed E-state index contributed by atoms with van der Waals surface area (Å²) < 4.78 is 0. The van der Waals surface area contributed by atoms with E-state index in [9.17, 15) is 0 Å². The molecule has 0 radical (unpaired) electrons. The lowest BCUT2D eigenvalue weighted by Gasteiger charge is -2.14. The smallest absolute Gasteiger partial charge is 0.0943 e. The fourth-order valence-electron chi connectivity index (χ4n) is 1.51. The van der Waals surface area contributed by atoms with Crippen LogP contribution in [-0.2, 0) is 6.42 Å². The SMILES string of the molecule is CNC(Cc1nccs1)c1ccncc1. The van der Waals surface area contributed by atoms with E-state index in [0.29, 0.717) is 6.04 Å². The van der Waals surface area contributed by atoms with Gasteiger partial charge in [0.05, 0.1) is 5.01 Å². The van der Waals surface area contributed by atoms with Gasteiger partial charge in [0.15, 0.2) is 0 Å². The summed E-state index contributed by atoms with van der Waals surface area (Å²) in [5, 5.41) is 6.46. The van der Waals surface area contributed by atoms with Gasteiger partial charge < -0.3 is 5.32 Å². The maximum absolute atomic E-state index is 4.29. The second kappa shape index (κ2) is 5.00. The van der Waals surface area contributed by atoms with Gasteiger partial charge in [0.25, 0.3) is 0 Å². The number of rotatable bonds is 4. The Hall–Kier alpha value is -1.26. The predicted octanol–water partition coefficient (Wildman–Crippen LogP) is 2.04. The number of thiazole rings is 1. The molecule has 0 aliphatic carbocycles. The largest absolute Gasteiger partial charge is 0.313 e. The predicted molar refractivity (Wildman–Crippen MR) is 61.9 cm³/mol. The second-order valence-corrected chi connectivity index (χ2v) is 4.23. The molecule has 4 heteroatoms. The molecule has 0 fully saturated rings. The van der Waals surface area contributed by atoms with Crippen molar-refractivity contribution in [3.8, 4) is 0 Å².